The summed E-state index contributed by atoms with van der Waals surface area (Å²) in [4.78, 5) is 17.3. The van der Waals surface area contributed by atoms with Crippen LogP contribution in [0.1, 0.15) is 30.2 Å². The number of rotatable bonds is 9. The highest BCUT2D eigenvalue weighted by Gasteiger charge is 2.20. The Labute approximate surface area is 207 Å². The van der Waals surface area contributed by atoms with Crippen molar-refractivity contribution in [1.29, 1.82) is 5.41 Å². The van der Waals surface area contributed by atoms with Crippen molar-refractivity contribution in [2.24, 2.45) is 5.92 Å². The molecule has 0 bridgehead atoms. The Kier molecular flexibility index (Phi) is 7.88. The zero-order valence-corrected chi connectivity index (χ0v) is 20.3. The van der Waals surface area contributed by atoms with E-state index < -0.39 is 0 Å². The minimum Gasteiger partial charge on any atom is -0.335 e. The summed E-state index contributed by atoms with van der Waals surface area (Å²) in [5, 5.41) is 15.8. The number of amides is 2. The number of anilines is 1. The van der Waals surface area contributed by atoms with Crippen molar-refractivity contribution in [3.63, 3.8) is 0 Å². The SMILES string of the molecule is Cc1cc(NC(=O)N[C@H](C)CC(=N)C(Cc2ccccc2)Cc2ccccc2)c2ccccc2n1. The Morgan fingerprint density at radius 3 is 2.09 bits per heavy atom. The van der Waals surface area contributed by atoms with Gasteiger partial charge in [-0.1, -0.05) is 78.9 Å². The Balaban J connectivity index is 1.41. The Bertz CT molecular complexity index is 1250. The molecule has 0 radical (unpaired) electrons. The maximum Gasteiger partial charge on any atom is 0.319 e. The molecule has 178 valence electrons. The highest BCUT2D eigenvalue weighted by Crippen LogP contribution is 2.23. The number of urea groups is 1. The van der Waals surface area contributed by atoms with E-state index in [1.807, 2.05) is 80.6 Å². The van der Waals surface area contributed by atoms with E-state index in [0.717, 1.165) is 35.1 Å². The number of pyridine rings is 1. The molecular weight excluding hydrogens is 432 g/mol. The first-order chi connectivity index (χ1) is 17.0. The first-order valence-corrected chi connectivity index (χ1v) is 12.1. The Hall–Kier alpha value is -3.99. The zero-order chi connectivity index (χ0) is 24.6. The molecule has 1 aromatic heterocycles. The maximum atomic E-state index is 12.8. The van der Waals surface area contributed by atoms with Gasteiger partial charge in [0, 0.05) is 35.2 Å². The average molecular weight is 465 g/mol. The fourth-order valence-corrected chi connectivity index (χ4v) is 4.46. The molecule has 4 rings (SSSR count). The molecule has 0 aliphatic rings. The van der Waals surface area contributed by atoms with Crippen molar-refractivity contribution in [2.45, 2.75) is 39.2 Å². The predicted octanol–water partition coefficient (Wildman–Crippen LogP) is 6.56. The number of aryl methyl sites for hydroxylation is 1. The number of nitrogens with zero attached hydrogens (tertiary/aromatic N) is 1. The molecule has 0 saturated carbocycles. The third kappa shape index (κ3) is 6.76. The van der Waals surface area contributed by atoms with E-state index in [4.69, 9.17) is 5.41 Å². The first-order valence-electron chi connectivity index (χ1n) is 12.1. The first kappa shape index (κ1) is 24.1. The Morgan fingerprint density at radius 2 is 1.46 bits per heavy atom. The summed E-state index contributed by atoms with van der Waals surface area (Å²) < 4.78 is 0. The van der Waals surface area contributed by atoms with Gasteiger partial charge in [0.1, 0.15) is 0 Å². The second-order valence-electron chi connectivity index (χ2n) is 9.13. The van der Waals surface area contributed by atoms with Crippen LogP contribution in [0.5, 0.6) is 0 Å². The van der Waals surface area contributed by atoms with Crippen molar-refractivity contribution >= 4 is 28.3 Å². The van der Waals surface area contributed by atoms with Crippen LogP contribution in [0.25, 0.3) is 10.9 Å². The van der Waals surface area contributed by atoms with Crippen LogP contribution in [0.4, 0.5) is 10.5 Å². The largest absolute Gasteiger partial charge is 0.335 e. The summed E-state index contributed by atoms with van der Waals surface area (Å²) in [6.45, 7) is 3.87. The molecule has 4 aromatic rings. The number of aromatic nitrogens is 1. The second-order valence-corrected chi connectivity index (χ2v) is 9.13. The minimum absolute atomic E-state index is 0.0684. The Morgan fingerprint density at radius 1 is 0.886 bits per heavy atom. The highest BCUT2D eigenvalue weighted by atomic mass is 16.2. The van der Waals surface area contributed by atoms with Gasteiger partial charge in [-0.25, -0.2) is 4.79 Å². The fraction of sp³-hybridized carbons (Fsp3) is 0.233. The predicted molar refractivity (Wildman–Crippen MR) is 144 cm³/mol. The van der Waals surface area contributed by atoms with Crippen LogP contribution in [-0.2, 0) is 12.8 Å². The van der Waals surface area contributed by atoms with Gasteiger partial charge in [-0.05, 0) is 49.9 Å². The molecule has 0 aliphatic heterocycles. The van der Waals surface area contributed by atoms with Crippen molar-refractivity contribution in [1.82, 2.24) is 10.3 Å². The summed E-state index contributed by atoms with van der Waals surface area (Å²) in [6.07, 6.45) is 2.10. The molecule has 0 aliphatic carbocycles. The molecule has 35 heavy (non-hydrogen) atoms. The van der Waals surface area contributed by atoms with Crippen LogP contribution >= 0.6 is 0 Å². The molecule has 0 saturated heterocycles. The van der Waals surface area contributed by atoms with Gasteiger partial charge >= 0.3 is 6.03 Å². The number of carbonyl (C=O) groups excluding carboxylic acids is 1. The number of hydrogen-bond donors (Lipinski definition) is 3. The molecule has 1 heterocycles. The topological polar surface area (TPSA) is 77.9 Å². The van der Waals surface area contributed by atoms with Gasteiger partial charge < -0.3 is 16.0 Å². The molecule has 3 aromatic carbocycles. The van der Waals surface area contributed by atoms with E-state index >= 15 is 0 Å². The summed E-state index contributed by atoms with van der Waals surface area (Å²) >= 11 is 0. The van der Waals surface area contributed by atoms with E-state index in [1.54, 1.807) is 0 Å². The number of carbonyl (C=O) groups is 1. The lowest BCUT2D eigenvalue weighted by atomic mass is 9.86. The molecule has 5 heteroatoms. The van der Waals surface area contributed by atoms with Gasteiger partial charge in [0.25, 0.3) is 0 Å². The van der Waals surface area contributed by atoms with Crippen LogP contribution < -0.4 is 10.6 Å². The number of fused-ring (bicyclic) bond motifs is 1. The third-order valence-electron chi connectivity index (χ3n) is 6.14. The van der Waals surface area contributed by atoms with Crippen LogP contribution in [0, 0.1) is 18.3 Å². The zero-order valence-electron chi connectivity index (χ0n) is 20.3. The molecule has 0 spiro atoms. The van der Waals surface area contributed by atoms with Crippen molar-refractivity contribution in [3.8, 4) is 0 Å². The van der Waals surface area contributed by atoms with E-state index in [2.05, 4.69) is 39.9 Å². The standard InChI is InChI=1S/C30H32N4O/c1-21(33-30(35)34-29-18-22(2)32-28-16-10-9-15-26(28)29)17-27(31)25(19-23-11-5-3-6-12-23)20-24-13-7-4-8-14-24/h3-16,18,21,25,31H,17,19-20H2,1-2H3,(H2,32,33,34,35)/t21-/m1/s1. The van der Waals surface area contributed by atoms with Crippen LogP contribution in [0.3, 0.4) is 0 Å². The van der Waals surface area contributed by atoms with Gasteiger partial charge in [0.05, 0.1) is 11.2 Å². The molecule has 1 atom stereocenters. The van der Waals surface area contributed by atoms with Crippen LogP contribution in [0.2, 0.25) is 0 Å². The monoisotopic (exact) mass is 464 g/mol. The lowest BCUT2D eigenvalue weighted by Gasteiger charge is -2.22. The average Bonchev–Trinajstić information content (AvgIpc) is 2.84. The summed E-state index contributed by atoms with van der Waals surface area (Å²) in [6, 6.07) is 29.8. The smallest absolute Gasteiger partial charge is 0.319 e. The van der Waals surface area contributed by atoms with Gasteiger partial charge in [-0.3, -0.25) is 4.98 Å². The van der Waals surface area contributed by atoms with E-state index in [-0.39, 0.29) is 18.0 Å². The van der Waals surface area contributed by atoms with Gasteiger partial charge in [-0.2, -0.15) is 0 Å². The summed E-state index contributed by atoms with van der Waals surface area (Å²) in [7, 11) is 0. The number of hydrogen-bond acceptors (Lipinski definition) is 3. The van der Waals surface area contributed by atoms with Gasteiger partial charge in [0.15, 0.2) is 0 Å². The van der Waals surface area contributed by atoms with E-state index in [9.17, 15) is 4.79 Å². The molecule has 2 amide bonds. The highest BCUT2D eigenvalue weighted by molar-refractivity contribution is 6.00. The van der Waals surface area contributed by atoms with E-state index in [1.165, 1.54) is 11.1 Å². The minimum atomic E-state index is -0.274. The number of nitrogens with one attached hydrogen (secondary N) is 3. The third-order valence-corrected chi connectivity index (χ3v) is 6.14. The van der Waals surface area contributed by atoms with Gasteiger partial charge in [-0.15, -0.1) is 0 Å². The lowest BCUT2D eigenvalue weighted by molar-refractivity contribution is 0.249. The molecular formula is C30H32N4O. The molecule has 5 nitrogen and oxygen atoms in total. The number of para-hydroxylation sites is 1. The van der Waals surface area contributed by atoms with Crippen molar-refractivity contribution < 1.29 is 4.79 Å². The second kappa shape index (κ2) is 11.4. The van der Waals surface area contributed by atoms with E-state index in [0.29, 0.717) is 12.1 Å². The number of benzene rings is 3. The van der Waals surface area contributed by atoms with Gasteiger partial charge in [0.2, 0.25) is 0 Å². The quantitative estimate of drug-likeness (QED) is 0.245. The summed E-state index contributed by atoms with van der Waals surface area (Å²) in [5.41, 5.74) is 5.52. The normalized spacial score (nSPS) is 11.9. The van der Waals surface area contributed by atoms with Crippen molar-refractivity contribution in [2.75, 3.05) is 5.32 Å². The van der Waals surface area contributed by atoms with Crippen molar-refractivity contribution in [3.05, 3.63) is 108 Å². The lowest BCUT2D eigenvalue weighted by Crippen LogP contribution is -2.38. The summed E-state index contributed by atoms with van der Waals surface area (Å²) in [5.74, 6) is 0.0684. The van der Waals surface area contributed by atoms with Crippen LogP contribution in [-0.4, -0.2) is 22.8 Å². The molecule has 3 N–H and O–H groups in total. The fourth-order valence-electron chi connectivity index (χ4n) is 4.46. The van der Waals surface area contributed by atoms with Crippen LogP contribution in [0.15, 0.2) is 91.0 Å². The molecule has 0 unspecified atom stereocenters. The molecule has 0 fully saturated rings. The maximum absolute atomic E-state index is 12.8.